The van der Waals surface area contributed by atoms with E-state index in [1.807, 2.05) is 35.2 Å². The molecule has 0 radical (unpaired) electrons. The first-order chi connectivity index (χ1) is 14.1. The van der Waals surface area contributed by atoms with Gasteiger partial charge < -0.3 is 10.2 Å². The summed E-state index contributed by atoms with van der Waals surface area (Å²) in [5, 5.41) is 10.8. The lowest BCUT2D eigenvalue weighted by Gasteiger charge is -2.30. The monoisotopic (exact) mass is 389 g/mol. The maximum Gasteiger partial charge on any atom is 0.277 e. The van der Waals surface area contributed by atoms with E-state index >= 15 is 0 Å². The number of amides is 2. The van der Waals surface area contributed by atoms with Crippen molar-refractivity contribution in [3.05, 3.63) is 72.1 Å². The minimum Gasteiger partial charge on any atom is -0.339 e. The summed E-state index contributed by atoms with van der Waals surface area (Å²) in [6.07, 6.45) is 3.58. The van der Waals surface area contributed by atoms with Crippen LogP contribution in [0.25, 0.3) is 5.69 Å². The molecule has 1 aliphatic heterocycles. The molecular formula is C22H23N5O2. The van der Waals surface area contributed by atoms with Crippen LogP contribution in [0.5, 0.6) is 0 Å². The number of nitrogens with zero attached hydrogens (tertiary/aromatic N) is 4. The minimum atomic E-state index is -0.403. The van der Waals surface area contributed by atoms with Crippen LogP contribution in [0.3, 0.4) is 0 Å². The Morgan fingerprint density at radius 3 is 2.45 bits per heavy atom. The molecule has 0 unspecified atom stereocenters. The lowest BCUT2D eigenvalue weighted by Crippen LogP contribution is -2.38. The third-order valence-electron chi connectivity index (χ3n) is 5.22. The Labute approximate surface area is 169 Å². The Bertz CT molecular complexity index is 1010. The predicted molar refractivity (Wildman–Crippen MR) is 110 cm³/mol. The average Bonchev–Trinajstić information content (AvgIpc) is 3.25. The van der Waals surface area contributed by atoms with Crippen LogP contribution in [0.15, 0.2) is 60.8 Å². The standard InChI is InChI=1S/C22H23N5O2/c1-16-11-13-26(14-12-16)22(29)18-9-5-6-10-19(18)23-21(28)20-15-27(25-24-20)17-7-3-2-4-8-17/h2-10,15-16H,11-14H2,1H3,(H,23,28). The van der Waals surface area contributed by atoms with Gasteiger partial charge in [0.15, 0.2) is 5.69 Å². The molecule has 7 heteroatoms. The second-order valence-electron chi connectivity index (χ2n) is 7.36. The van der Waals surface area contributed by atoms with Crippen LogP contribution in [0.4, 0.5) is 5.69 Å². The zero-order valence-corrected chi connectivity index (χ0v) is 16.3. The molecule has 0 saturated carbocycles. The molecule has 0 spiro atoms. The van der Waals surface area contributed by atoms with Crippen molar-refractivity contribution in [3.8, 4) is 5.69 Å². The highest BCUT2D eigenvalue weighted by atomic mass is 16.2. The molecule has 3 aromatic rings. The second kappa shape index (κ2) is 8.26. The normalized spacial score (nSPS) is 14.6. The van der Waals surface area contributed by atoms with Gasteiger partial charge in [0.2, 0.25) is 0 Å². The van der Waals surface area contributed by atoms with Crippen LogP contribution in [-0.2, 0) is 0 Å². The lowest BCUT2D eigenvalue weighted by molar-refractivity contribution is 0.0698. The summed E-state index contributed by atoms with van der Waals surface area (Å²) in [4.78, 5) is 27.5. The number of carbonyl (C=O) groups is 2. The molecule has 1 fully saturated rings. The molecule has 2 aromatic carbocycles. The Morgan fingerprint density at radius 2 is 1.69 bits per heavy atom. The molecule has 0 atom stereocenters. The quantitative estimate of drug-likeness (QED) is 0.742. The van der Waals surface area contributed by atoms with E-state index in [4.69, 9.17) is 0 Å². The van der Waals surface area contributed by atoms with Gasteiger partial charge >= 0.3 is 0 Å². The van der Waals surface area contributed by atoms with E-state index in [0.29, 0.717) is 17.2 Å². The van der Waals surface area contributed by atoms with E-state index < -0.39 is 5.91 Å². The maximum absolute atomic E-state index is 13.0. The largest absolute Gasteiger partial charge is 0.339 e. The highest BCUT2D eigenvalue weighted by Gasteiger charge is 2.24. The number of carbonyl (C=O) groups excluding carboxylic acids is 2. The van der Waals surface area contributed by atoms with E-state index in [-0.39, 0.29) is 11.6 Å². The van der Waals surface area contributed by atoms with Crippen LogP contribution >= 0.6 is 0 Å². The molecule has 29 heavy (non-hydrogen) atoms. The van der Waals surface area contributed by atoms with Gasteiger partial charge in [0.05, 0.1) is 23.1 Å². The van der Waals surface area contributed by atoms with Crippen molar-refractivity contribution in [2.75, 3.05) is 18.4 Å². The Balaban J connectivity index is 1.51. The van der Waals surface area contributed by atoms with Gasteiger partial charge in [-0.2, -0.15) is 0 Å². The van der Waals surface area contributed by atoms with Gasteiger partial charge in [0, 0.05) is 13.1 Å². The molecule has 148 valence electrons. The molecule has 7 nitrogen and oxygen atoms in total. The second-order valence-corrected chi connectivity index (χ2v) is 7.36. The molecule has 0 bridgehead atoms. The van der Waals surface area contributed by atoms with Crippen LogP contribution in [0.2, 0.25) is 0 Å². The first-order valence-corrected chi connectivity index (χ1v) is 9.79. The molecule has 1 aliphatic rings. The van der Waals surface area contributed by atoms with Crippen molar-refractivity contribution in [1.82, 2.24) is 19.9 Å². The summed E-state index contributed by atoms with van der Waals surface area (Å²) in [6.45, 7) is 3.69. The van der Waals surface area contributed by atoms with Gasteiger partial charge in [-0.3, -0.25) is 9.59 Å². The Morgan fingerprint density at radius 1 is 1.00 bits per heavy atom. The van der Waals surface area contributed by atoms with Gasteiger partial charge in [-0.25, -0.2) is 4.68 Å². The number of rotatable bonds is 4. The number of aromatic nitrogens is 3. The van der Waals surface area contributed by atoms with E-state index in [1.165, 1.54) is 0 Å². The SMILES string of the molecule is CC1CCN(C(=O)c2ccccc2NC(=O)c2cn(-c3ccccc3)nn2)CC1. The topological polar surface area (TPSA) is 80.1 Å². The molecule has 2 amide bonds. The Hall–Kier alpha value is -3.48. The van der Waals surface area contributed by atoms with Crippen LogP contribution in [-0.4, -0.2) is 44.8 Å². The van der Waals surface area contributed by atoms with Crippen molar-refractivity contribution >= 4 is 17.5 Å². The van der Waals surface area contributed by atoms with E-state index in [9.17, 15) is 9.59 Å². The zero-order valence-electron chi connectivity index (χ0n) is 16.3. The highest BCUT2D eigenvalue weighted by molar-refractivity contribution is 6.08. The van der Waals surface area contributed by atoms with Crippen molar-refractivity contribution in [1.29, 1.82) is 0 Å². The fraction of sp³-hybridized carbons (Fsp3) is 0.273. The van der Waals surface area contributed by atoms with Gasteiger partial charge in [0.25, 0.3) is 11.8 Å². The molecule has 1 aromatic heterocycles. The van der Waals surface area contributed by atoms with Gasteiger partial charge in [-0.15, -0.1) is 5.10 Å². The van der Waals surface area contributed by atoms with Gasteiger partial charge in [-0.1, -0.05) is 42.5 Å². The van der Waals surface area contributed by atoms with Crippen molar-refractivity contribution < 1.29 is 9.59 Å². The number of para-hydroxylation sites is 2. The number of likely N-dealkylation sites (tertiary alicyclic amines) is 1. The van der Waals surface area contributed by atoms with Crippen LogP contribution < -0.4 is 5.32 Å². The molecule has 1 N–H and O–H groups in total. The van der Waals surface area contributed by atoms with Crippen molar-refractivity contribution in [3.63, 3.8) is 0 Å². The molecule has 4 rings (SSSR count). The summed E-state index contributed by atoms with van der Waals surface area (Å²) in [7, 11) is 0. The van der Waals surface area contributed by atoms with Crippen molar-refractivity contribution in [2.45, 2.75) is 19.8 Å². The molecule has 1 saturated heterocycles. The molecule has 2 heterocycles. The third-order valence-corrected chi connectivity index (χ3v) is 5.22. The number of anilines is 1. The first-order valence-electron chi connectivity index (χ1n) is 9.79. The fourth-order valence-corrected chi connectivity index (χ4v) is 3.42. The number of hydrogen-bond donors (Lipinski definition) is 1. The summed E-state index contributed by atoms with van der Waals surface area (Å²) in [6, 6.07) is 16.5. The molecular weight excluding hydrogens is 366 g/mol. The van der Waals surface area contributed by atoms with Gasteiger partial charge in [0.1, 0.15) is 0 Å². The van der Waals surface area contributed by atoms with Crippen molar-refractivity contribution in [2.24, 2.45) is 5.92 Å². The number of benzene rings is 2. The molecule has 0 aliphatic carbocycles. The van der Waals surface area contributed by atoms with E-state index in [0.717, 1.165) is 31.6 Å². The third kappa shape index (κ3) is 4.18. The summed E-state index contributed by atoms with van der Waals surface area (Å²) in [5.74, 6) is 0.182. The number of piperidine rings is 1. The number of hydrogen-bond acceptors (Lipinski definition) is 4. The highest BCUT2D eigenvalue weighted by Crippen LogP contribution is 2.22. The maximum atomic E-state index is 13.0. The summed E-state index contributed by atoms with van der Waals surface area (Å²) >= 11 is 0. The fourth-order valence-electron chi connectivity index (χ4n) is 3.42. The zero-order chi connectivity index (χ0) is 20.2. The Kier molecular flexibility index (Phi) is 5.37. The van der Waals surface area contributed by atoms with Gasteiger partial charge in [-0.05, 0) is 43.0 Å². The average molecular weight is 389 g/mol. The number of nitrogens with one attached hydrogen (secondary N) is 1. The van der Waals surface area contributed by atoms with E-state index in [1.54, 1.807) is 35.1 Å². The van der Waals surface area contributed by atoms with Crippen LogP contribution in [0.1, 0.15) is 40.6 Å². The smallest absolute Gasteiger partial charge is 0.277 e. The summed E-state index contributed by atoms with van der Waals surface area (Å²) < 4.78 is 1.54. The minimum absolute atomic E-state index is 0.0549. The lowest BCUT2D eigenvalue weighted by atomic mass is 9.98. The van der Waals surface area contributed by atoms with E-state index in [2.05, 4.69) is 22.6 Å². The predicted octanol–water partition coefficient (Wildman–Crippen LogP) is 3.39. The summed E-state index contributed by atoms with van der Waals surface area (Å²) in [5.41, 5.74) is 1.97. The first kappa shape index (κ1) is 18.9. The van der Waals surface area contributed by atoms with Crippen LogP contribution in [0, 0.1) is 5.92 Å².